The molecule has 0 saturated heterocycles. The Hall–Kier alpha value is -2.69. The van der Waals surface area contributed by atoms with E-state index in [1.165, 1.54) is 12.1 Å². The van der Waals surface area contributed by atoms with Crippen LogP contribution >= 0.6 is 0 Å². The molecule has 2 N–H and O–H groups in total. The predicted molar refractivity (Wildman–Crippen MR) is 66.3 cm³/mol. The van der Waals surface area contributed by atoms with Gasteiger partial charge in [-0.2, -0.15) is 0 Å². The van der Waals surface area contributed by atoms with Crippen molar-refractivity contribution in [2.45, 2.75) is 0 Å². The zero-order valence-corrected chi connectivity index (χ0v) is 9.33. The lowest BCUT2D eigenvalue weighted by molar-refractivity contribution is -0.105. The molecule has 0 unspecified atom stereocenters. The summed E-state index contributed by atoms with van der Waals surface area (Å²) in [4.78, 5) is 25.0. The molecule has 0 aliphatic rings. The number of rotatable bonds is 4. The molecule has 2 aromatic rings. The van der Waals surface area contributed by atoms with E-state index in [4.69, 9.17) is 5.11 Å². The van der Waals surface area contributed by atoms with Crippen molar-refractivity contribution in [3.8, 4) is 11.1 Å². The lowest BCUT2D eigenvalue weighted by atomic mass is 10.1. The summed E-state index contributed by atoms with van der Waals surface area (Å²) < 4.78 is 0. The van der Waals surface area contributed by atoms with Crippen LogP contribution in [0.3, 0.4) is 0 Å². The van der Waals surface area contributed by atoms with E-state index in [-0.39, 0.29) is 5.56 Å². The maximum atomic E-state index is 10.7. The van der Waals surface area contributed by atoms with E-state index in [0.717, 1.165) is 11.1 Å². The maximum absolute atomic E-state index is 10.7. The van der Waals surface area contributed by atoms with Crippen molar-refractivity contribution in [2.75, 3.05) is 5.32 Å². The van der Waals surface area contributed by atoms with Crippen LogP contribution < -0.4 is 5.32 Å². The van der Waals surface area contributed by atoms with Crippen molar-refractivity contribution in [1.29, 1.82) is 0 Å². The Morgan fingerprint density at radius 1 is 1.11 bits per heavy atom. The molecule has 0 atom stereocenters. The van der Waals surface area contributed by atoms with Crippen LogP contribution in [0.1, 0.15) is 10.4 Å². The third kappa shape index (κ3) is 2.52. The van der Waals surface area contributed by atoms with Crippen molar-refractivity contribution >= 4 is 18.2 Å². The van der Waals surface area contributed by atoms with Crippen LogP contribution in [-0.4, -0.2) is 22.5 Å². The SMILES string of the molecule is O=CNc1ccc(-c2ccc(C(=O)O)cc2)cn1. The van der Waals surface area contributed by atoms with Crippen LogP contribution in [0, 0.1) is 0 Å². The second kappa shape index (κ2) is 5.09. The number of nitrogens with zero attached hydrogens (tertiary/aromatic N) is 1. The fraction of sp³-hybridized carbons (Fsp3) is 0. The minimum atomic E-state index is -0.954. The van der Waals surface area contributed by atoms with Crippen LogP contribution in [0.25, 0.3) is 11.1 Å². The fourth-order valence-electron chi connectivity index (χ4n) is 1.52. The van der Waals surface area contributed by atoms with E-state index in [1.807, 2.05) is 0 Å². The molecule has 1 aromatic carbocycles. The predicted octanol–water partition coefficient (Wildman–Crippen LogP) is 2.02. The Bertz CT molecular complexity index is 562. The summed E-state index contributed by atoms with van der Waals surface area (Å²) in [5, 5.41) is 11.2. The number of carbonyl (C=O) groups excluding carboxylic acids is 1. The number of aromatic carboxylic acids is 1. The third-order valence-corrected chi connectivity index (χ3v) is 2.44. The molecular weight excluding hydrogens is 232 g/mol. The number of aromatic nitrogens is 1. The average molecular weight is 242 g/mol. The maximum Gasteiger partial charge on any atom is 0.335 e. The molecule has 0 spiro atoms. The number of hydrogen-bond acceptors (Lipinski definition) is 3. The van der Waals surface area contributed by atoms with E-state index in [1.54, 1.807) is 30.5 Å². The van der Waals surface area contributed by atoms with Gasteiger partial charge in [0.25, 0.3) is 0 Å². The lowest BCUT2D eigenvalue weighted by Gasteiger charge is -2.03. The molecule has 1 aromatic heterocycles. The third-order valence-electron chi connectivity index (χ3n) is 2.44. The highest BCUT2D eigenvalue weighted by Gasteiger charge is 2.03. The number of pyridine rings is 1. The summed E-state index contributed by atoms with van der Waals surface area (Å²) in [5.74, 6) is -0.485. The zero-order chi connectivity index (χ0) is 13.0. The average Bonchev–Trinajstić information content (AvgIpc) is 2.40. The van der Waals surface area contributed by atoms with Gasteiger partial charge >= 0.3 is 5.97 Å². The number of carbonyl (C=O) groups is 2. The summed E-state index contributed by atoms with van der Waals surface area (Å²) in [5.41, 5.74) is 1.96. The van der Waals surface area contributed by atoms with Gasteiger partial charge in [-0.25, -0.2) is 9.78 Å². The van der Waals surface area contributed by atoms with Gasteiger partial charge in [-0.05, 0) is 29.8 Å². The van der Waals surface area contributed by atoms with E-state index in [9.17, 15) is 9.59 Å². The number of carboxylic acids is 1. The summed E-state index contributed by atoms with van der Waals surface area (Å²) in [7, 11) is 0. The normalized spacial score (nSPS) is 9.78. The molecule has 1 heterocycles. The molecule has 5 heteroatoms. The van der Waals surface area contributed by atoms with Crippen molar-refractivity contribution in [3.63, 3.8) is 0 Å². The first kappa shape index (κ1) is 11.8. The standard InChI is InChI=1S/C13H10N2O3/c16-8-15-12-6-5-11(7-14-12)9-1-3-10(4-2-9)13(17)18/h1-8H,(H,17,18)(H,14,15,16). The summed E-state index contributed by atoms with van der Waals surface area (Å²) in [6.07, 6.45) is 2.17. The smallest absolute Gasteiger partial charge is 0.335 e. The molecule has 2 rings (SSSR count). The fourth-order valence-corrected chi connectivity index (χ4v) is 1.52. The van der Waals surface area contributed by atoms with Gasteiger partial charge in [-0.3, -0.25) is 4.79 Å². The monoisotopic (exact) mass is 242 g/mol. The van der Waals surface area contributed by atoms with Crippen LogP contribution in [0.5, 0.6) is 0 Å². The molecule has 0 aliphatic heterocycles. The van der Waals surface area contributed by atoms with Crippen molar-refractivity contribution in [2.24, 2.45) is 0 Å². The van der Waals surface area contributed by atoms with Gasteiger partial charge in [-0.1, -0.05) is 12.1 Å². The highest BCUT2D eigenvalue weighted by Crippen LogP contribution is 2.20. The first-order valence-corrected chi connectivity index (χ1v) is 5.20. The van der Waals surface area contributed by atoms with Crippen molar-refractivity contribution in [1.82, 2.24) is 4.98 Å². The Morgan fingerprint density at radius 2 is 1.78 bits per heavy atom. The van der Waals surface area contributed by atoms with Gasteiger partial charge in [0.2, 0.25) is 6.41 Å². The highest BCUT2D eigenvalue weighted by molar-refractivity contribution is 5.88. The Balaban J connectivity index is 2.25. The second-order valence-electron chi connectivity index (χ2n) is 3.58. The van der Waals surface area contributed by atoms with Gasteiger partial charge in [-0.15, -0.1) is 0 Å². The first-order valence-electron chi connectivity index (χ1n) is 5.20. The van der Waals surface area contributed by atoms with E-state index >= 15 is 0 Å². The number of amides is 1. The number of anilines is 1. The summed E-state index contributed by atoms with van der Waals surface area (Å²) in [6.45, 7) is 0. The number of carboxylic acid groups (broad SMARTS) is 1. The largest absolute Gasteiger partial charge is 0.478 e. The second-order valence-corrected chi connectivity index (χ2v) is 3.58. The number of nitrogens with one attached hydrogen (secondary N) is 1. The Kier molecular flexibility index (Phi) is 3.33. The Labute approximate surface area is 103 Å². The molecule has 0 radical (unpaired) electrons. The van der Waals surface area contributed by atoms with Crippen LogP contribution in [0.2, 0.25) is 0 Å². The molecule has 0 aliphatic carbocycles. The van der Waals surface area contributed by atoms with E-state index in [0.29, 0.717) is 12.2 Å². The summed E-state index contributed by atoms with van der Waals surface area (Å²) >= 11 is 0. The van der Waals surface area contributed by atoms with Gasteiger partial charge in [0, 0.05) is 11.8 Å². The Morgan fingerprint density at radius 3 is 2.28 bits per heavy atom. The van der Waals surface area contributed by atoms with Crippen molar-refractivity contribution < 1.29 is 14.7 Å². The van der Waals surface area contributed by atoms with Gasteiger partial charge < -0.3 is 10.4 Å². The zero-order valence-electron chi connectivity index (χ0n) is 9.33. The number of hydrogen-bond donors (Lipinski definition) is 2. The molecular formula is C13H10N2O3. The molecule has 0 saturated carbocycles. The lowest BCUT2D eigenvalue weighted by Crippen LogP contribution is -1.96. The van der Waals surface area contributed by atoms with Crippen LogP contribution in [0.15, 0.2) is 42.6 Å². The molecule has 18 heavy (non-hydrogen) atoms. The van der Waals surface area contributed by atoms with Crippen LogP contribution in [-0.2, 0) is 4.79 Å². The first-order chi connectivity index (χ1) is 8.70. The van der Waals surface area contributed by atoms with E-state index in [2.05, 4.69) is 10.3 Å². The quantitative estimate of drug-likeness (QED) is 0.804. The molecule has 0 bridgehead atoms. The van der Waals surface area contributed by atoms with Gasteiger partial charge in [0.15, 0.2) is 0 Å². The minimum Gasteiger partial charge on any atom is -0.478 e. The van der Waals surface area contributed by atoms with Crippen LogP contribution in [0.4, 0.5) is 5.82 Å². The minimum absolute atomic E-state index is 0.242. The summed E-state index contributed by atoms with van der Waals surface area (Å²) in [6, 6.07) is 9.98. The highest BCUT2D eigenvalue weighted by atomic mass is 16.4. The molecule has 5 nitrogen and oxygen atoms in total. The topological polar surface area (TPSA) is 79.3 Å². The van der Waals surface area contributed by atoms with Gasteiger partial charge in [0.05, 0.1) is 5.56 Å². The number of benzene rings is 1. The molecule has 0 fully saturated rings. The molecule has 90 valence electrons. The molecule has 1 amide bonds. The van der Waals surface area contributed by atoms with Gasteiger partial charge in [0.1, 0.15) is 5.82 Å². The van der Waals surface area contributed by atoms with Crippen molar-refractivity contribution in [3.05, 3.63) is 48.2 Å². The van der Waals surface area contributed by atoms with E-state index < -0.39 is 5.97 Å².